The maximum atomic E-state index is 11.2. The zero-order valence-corrected chi connectivity index (χ0v) is 11.4. The molecule has 104 valence electrons. The number of aromatic nitrogens is 3. The second-order valence-corrected chi connectivity index (χ2v) is 4.32. The van der Waals surface area contributed by atoms with E-state index in [0.717, 1.165) is 11.4 Å². The van der Waals surface area contributed by atoms with Crippen LogP contribution < -0.4 is 4.90 Å². The van der Waals surface area contributed by atoms with Crippen LogP contribution in [0.2, 0.25) is 0 Å². The summed E-state index contributed by atoms with van der Waals surface area (Å²) in [6, 6.07) is 5.76. The zero-order chi connectivity index (χ0) is 14.5. The van der Waals surface area contributed by atoms with E-state index in [1.165, 1.54) is 12.4 Å². The number of carboxylic acid groups (broad SMARTS) is 1. The fourth-order valence-electron chi connectivity index (χ4n) is 1.93. The molecule has 0 aliphatic carbocycles. The summed E-state index contributed by atoms with van der Waals surface area (Å²) in [6.07, 6.45) is 2.87. The lowest BCUT2D eigenvalue weighted by Crippen LogP contribution is -2.26. The molecule has 0 radical (unpaired) electrons. The second kappa shape index (κ2) is 6.10. The summed E-state index contributed by atoms with van der Waals surface area (Å²) in [7, 11) is 0. The van der Waals surface area contributed by atoms with E-state index in [-0.39, 0.29) is 5.69 Å². The maximum absolute atomic E-state index is 11.2. The van der Waals surface area contributed by atoms with Crippen LogP contribution in [0, 0.1) is 6.92 Å². The molecule has 0 aliphatic heterocycles. The molecule has 0 unspecified atom stereocenters. The number of hydrogen-bond donors (Lipinski definition) is 1. The molecule has 0 bridgehead atoms. The molecule has 0 amide bonds. The quantitative estimate of drug-likeness (QED) is 0.895. The summed E-state index contributed by atoms with van der Waals surface area (Å²) < 4.78 is 0. The van der Waals surface area contributed by atoms with E-state index in [1.54, 1.807) is 0 Å². The van der Waals surface area contributed by atoms with Gasteiger partial charge in [-0.25, -0.2) is 14.8 Å². The van der Waals surface area contributed by atoms with E-state index < -0.39 is 5.97 Å². The van der Waals surface area contributed by atoms with Crippen molar-refractivity contribution in [2.75, 3.05) is 11.4 Å². The predicted octanol–water partition coefficient (Wildman–Crippen LogP) is 1.90. The first-order valence-electron chi connectivity index (χ1n) is 6.33. The summed E-state index contributed by atoms with van der Waals surface area (Å²) in [5.41, 5.74) is 1.76. The Morgan fingerprint density at radius 2 is 2.05 bits per heavy atom. The first-order valence-corrected chi connectivity index (χ1v) is 6.33. The van der Waals surface area contributed by atoms with E-state index in [0.29, 0.717) is 18.9 Å². The lowest BCUT2D eigenvalue weighted by molar-refractivity contribution is 0.0690. The minimum Gasteiger partial charge on any atom is -0.476 e. The molecular formula is C14H16N4O2. The van der Waals surface area contributed by atoms with Gasteiger partial charge in [-0.05, 0) is 26.0 Å². The monoisotopic (exact) mass is 272 g/mol. The molecule has 2 heterocycles. The van der Waals surface area contributed by atoms with Gasteiger partial charge in [0.1, 0.15) is 0 Å². The van der Waals surface area contributed by atoms with Crippen LogP contribution in [0.5, 0.6) is 0 Å². The van der Waals surface area contributed by atoms with Crippen molar-refractivity contribution < 1.29 is 9.90 Å². The summed E-state index contributed by atoms with van der Waals surface area (Å²) in [5.74, 6) is -0.713. The second-order valence-electron chi connectivity index (χ2n) is 4.32. The lowest BCUT2D eigenvalue weighted by atomic mass is 10.2. The average molecular weight is 272 g/mol. The molecule has 0 spiro atoms. The Labute approximate surface area is 117 Å². The number of aromatic carboxylic acids is 1. The van der Waals surface area contributed by atoms with E-state index in [4.69, 9.17) is 0 Å². The number of nitrogens with zero attached hydrogens (tertiary/aromatic N) is 4. The normalized spacial score (nSPS) is 10.3. The summed E-state index contributed by atoms with van der Waals surface area (Å²) in [5, 5.41) is 9.18. The Morgan fingerprint density at radius 3 is 2.70 bits per heavy atom. The molecule has 0 saturated carbocycles. The molecule has 0 saturated heterocycles. The highest BCUT2D eigenvalue weighted by atomic mass is 16.4. The summed E-state index contributed by atoms with van der Waals surface area (Å²) in [6.45, 7) is 4.98. The van der Waals surface area contributed by atoms with Crippen LogP contribution in [0.25, 0.3) is 0 Å². The summed E-state index contributed by atoms with van der Waals surface area (Å²) in [4.78, 5) is 25.5. The first kappa shape index (κ1) is 13.9. The van der Waals surface area contributed by atoms with Gasteiger partial charge in [0, 0.05) is 24.6 Å². The van der Waals surface area contributed by atoms with Crippen LogP contribution in [-0.4, -0.2) is 32.6 Å². The van der Waals surface area contributed by atoms with Gasteiger partial charge in [-0.15, -0.1) is 0 Å². The number of rotatable bonds is 5. The van der Waals surface area contributed by atoms with Crippen molar-refractivity contribution in [3.8, 4) is 0 Å². The average Bonchev–Trinajstić information content (AvgIpc) is 2.45. The van der Waals surface area contributed by atoms with E-state index in [1.807, 2.05) is 36.9 Å². The Bertz CT molecular complexity index is 616. The molecule has 6 heteroatoms. The number of anilines is 1. The van der Waals surface area contributed by atoms with E-state index in [9.17, 15) is 9.90 Å². The molecule has 1 N–H and O–H groups in total. The molecule has 0 fully saturated rings. The highest BCUT2D eigenvalue weighted by Gasteiger charge is 2.18. The van der Waals surface area contributed by atoms with Gasteiger partial charge in [0.2, 0.25) is 0 Å². The summed E-state index contributed by atoms with van der Waals surface area (Å²) >= 11 is 0. The van der Waals surface area contributed by atoms with Crippen molar-refractivity contribution in [2.24, 2.45) is 0 Å². The number of aryl methyl sites for hydroxylation is 1. The van der Waals surface area contributed by atoms with Gasteiger partial charge in [0.15, 0.2) is 11.5 Å². The van der Waals surface area contributed by atoms with Crippen LogP contribution in [0.1, 0.15) is 28.8 Å². The van der Waals surface area contributed by atoms with Crippen molar-refractivity contribution in [1.82, 2.24) is 15.0 Å². The third kappa shape index (κ3) is 3.09. The Kier molecular flexibility index (Phi) is 4.24. The predicted molar refractivity (Wildman–Crippen MR) is 74.7 cm³/mol. The molecule has 2 aromatic rings. The van der Waals surface area contributed by atoms with E-state index in [2.05, 4.69) is 15.0 Å². The molecule has 0 aromatic carbocycles. The Balaban J connectivity index is 2.31. The van der Waals surface area contributed by atoms with Gasteiger partial charge < -0.3 is 10.0 Å². The van der Waals surface area contributed by atoms with Gasteiger partial charge in [0.05, 0.1) is 12.2 Å². The van der Waals surface area contributed by atoms with Crippen LogP contribution in [-0.2, 0) is 6.54 Å². The third-order valence-corrected chi connectivity index (χ3v) is 2.86. The molecule has 6 nitrogen and oxygen atoms in total. The largest absolute Gasteiger partial charge is 0.476 e. The lowest BCUT2D eigenvalue weighted by Gasteiger charge is -2.22. The van der Waals surface area contributed by atoms with Gasteiger partial charge in [0.25, 0.3) is 0 Å². The van der Waals surface area contributed by atoms with E-state index >= 15 is 0 Å². The highest BCUT2D eigenvalue weighted by molar-refractivity contribution is 5.90. The third-order valence-electron chi connectivity index (χ3n) is 2.86. The van der Waals surface area contributed by atoms with Gasteiger partial charge in [-0.1, -0.05) is 6.07 Å². The smallest absolute Gasteiger partial charge is 0.358 e. The van der Waals surface area contributed by atoms with Crippen LogP contribution in [0.3, 0.4) is 0 Å². The van der Waals surface area contributed by atoms with Crippen LogP contribution in [0.15, 0.2) is 30.6 Å². The fourth-order valence-corrected chi connectivity index (χ4v) is 1.93. The van der Waals surface area contributed by atoms with Crippen molar-refractivity contribution >= 4 is 11.8 Å². The maximum Gasteiger partial charge on any atom is 0.358 e. The minimum absolute atomic E-state index is 0.0398. The van der Waals surface area contributed by atoms with Gasteiger partial charge >= 0.3 is 5.97 Å². The topological polar surface area (TPSA) is 79.2 Å². The Hall–Kier alpha value is -2.50. The number of pyridine rings is 1. The van der Waals surface area contributed by atoms with Crippen LogP contribution >= 0.6 is 0 Å². The molecule has 20 heavy (non-hydrogen) atoms. The number of carboxylic acids is 1. The van der Waals surface area contributed by atoms with Crippen molar-refractivity contribution in [3.63, 3.8) is 0 Å². The molecule has 0 atom stereocenters. The SMILES string of the molecule is CCN(Cc1cccc(C)n1)c1nccnc1C(=O)O. The van der Waals surface area contributed by atoms with Crippen LogP contribution in [0.4, 0.5) is 5.82 Å². The van der Waals surface area contributed by atoms with Gasteiger partial charge in [-0.3, -0.25) is 4.98 Å². The van der Waals surface area contributed by atoms with Crippen molar-refractivity contribution in [2.45, 2.75) is 20.4 Å². The minimum atomic E-state index is -1.08. The standard InChI is InChI=1S/C14H16N4O2/c1-3-18(9-11-6-4-5-10(2)17-11)13-12(14(19)20)15-7-8-16-13/h4-8H,3,9H2,1-2H3,(H,19,20). The first-order chi connectivity index (χ1) is 9.61. The fraction of sp³-hybridized carbons (Fsp3) is 0.286. The zero-order valence-electron chi connectivity index (χ0n) is 11.4. The van der Waals surface area contributed by atoms with Crippen molar-refractivity contribution in [3.05, 3.63) is 47.7 Å². The van der Waals surface area contributed by atoms with Gasteiger partial charge in [-0.2, -0.15) is 0 Å². The Morgan fingerprint density at radius 1 is 1.30 bits per heavy atom. The highest BCUT2D eigenvalue weighted by Crippen LogP contribution is 2.17. The molecule has 2 aromatic heterocycles. The van der Waals surface area contributed by atoms with Crippen molar-refractivity contribution in [1.29, 1.82) is 0 Å². The molecular weight excluding hydrogens is 256 g/mol. The molecule has 2 rings (SSSR count). The number of hydrogen-bond acceptors (Lipinski definition) is 5. The number of carbonyl (C=O) groups is 1. The molecule has 0 aliphatic rings.